The Morgan fingerprint density at radius 2 is 1.77 bits per heavy atom. The van der Waals surface area contributed by atoms with Gasteiger partial charge < -0.3 is 10.1 Å². The summed E-state index contributed by atoms with van der Waals surface area (Å²) in [6.45, 7) is 4.20. The molecular formula is C20H23Cl2NO2S. The number of hydrogen-bond donors (Lipinski definition) is 1. The molecule has 2 rings (SSSR count). The molecule has 0 bridgehead atoms. The lowest BCUT2D eigenvalue weighted by Gasteiger charge is -2.30. The summed E-state index contributed by atoms with van der Waals surface area (Å²) in [5, 5.41) is 4.96. The van der Waals surface area contributed by atoms with Gasteiger partial charge in [-0.25, -0.2) is 0 Å². The van der Waals surface area contributed by atoms with E-state index in [9.17, 15) is 4.79 Å². The predicted octanol–water partition coefficient (Wildman–Crippen LogP) is 5.68. The van der Waals surface area contributed by atoms with Crippen molar-refractivity contribution in [3.05, 3.63) is 69.7 Å². The number of rotatable bonds is 8. The van der Waals surface area contributed by atoms with Crippen molar-refractivity contribution in [3.63, 3.8) is 0 Å². The Balaban J connectivity index is 2.41. The monoisotopic (exact) mass is 411 g/mol. The van der Waals surface area contributed by atoms with Crippen molar-refractivity contribution >= 4 is 40.9 Å². The number of halogens is 2. The largest absolute Gasteiger partial charge is 0.468 e. The summed E-state index contributed by atoms with van der Waals surface area (Å²) in [5.41, 5.74) is 2.16. The molecule has 0 aliphatic heterocycles. The van der Waals surface area contributed by atoms with Gasteiger partial charge in [0, 0.05) is 27.4 Å². The second kappa shape index (κ2) is 10.2. The van der Waals surface area contributed by atoms with E-state index < -0.39 is 0 Å². The highest BCUT2D eigenvalue weighted by molar-refractivity contribution is 8.00. The van der Waals surface area contributed by atoms with Gasteiger partial charge in [0.05, 0.1) is 12.9 Å². The zero-order valence-corrected chi connectivity index (χ0v) is 17.4. The highest BCUT2D eigenvalue weighted by Crippen LogP contribution is 2.41. The number of thioether (sulfide) groups is 1. The molecule has 140 valence electrons. The summed E-state index contributed by atoms with van der Waals surface area (Å²) in [5.74, 6) is 0.0128. The van der Waals surface area contributed by atoms with Crippen molar-refractivity contribution in [2.24, 2.45) is 0 Å². The van der Waals surface area contributed by atoms with Crippen LogP contribution >= 0.6 is 35.0 Å². The van der Waals surface area contributed by atoms with Crippen LogP contribution in [0.4, 0.5) is 0 Å². The van der Waals surface area contributed by atoms with Crippen LogP contribution in [0.25, 0.3) is 0 Å². The van der Waals surface area contributed by atoms with Gasteiger partial charge in [-0.15, -0.1) is 11.8 Å². The molecule has 0 fully saturated rings. The standard InChI is InChI=1S/C20H23Cl2NO2S/c1-13(2)23-19(14-7-9-16(21)10-8-14)20(26-12-18(24)25-3)15-5-4-6-17(22)11-15/h4-11,13,19-20,23H,12H2,1-3H3. The van der Waals surface area contributed by atoms with Gasteiger partial charge >= 0.3 is 5.97 Å². The fraction of sp³-hybridized carbons (Fsp3) is 0.350. The smallest absolute Gasteiger partial charge is 0.315 e. The molecule has 2 aromatic rings. The summed E-state index contributed by atoms with van der Waals surface area (Å²) >= 11 is 13.8. The summed E-state index contributed by atoms with van der Waals surface area (Å²) in [4.78, 5) is 11.7. The quantitative estimate of drug-likeness (QED) is 0.566. The SMILES string of the molecule is COC(=O)CSC(c1cccc(Cl)c1)C(NC(C)C)c1ccc(Cl)cc1. The topological polar surface area (TPSA) is 38.3 Å². The van der Waals surface area contributed by atoms with Gasteiger partial charge in [0.1, 0.15) is 0 Å². The van der Waals surface area contributed by atoms with Crippen molar-refractivity contribution in [2.75, 3.05) is 12.9 Å². The number of esters is 1. The fourth-order valence-electron chi connectivity index (χ4n) is 2.67. The maximum absolute atomic E-state index is 11.7. The Morgan fingerprint density at radius 3 is 2.35 bits per heavy atom. The van der Waals surface area contributed by atoms with E-state index in [2.05, 4.69) is 19.2 Å². The number of carbonyl (C=O) groups is 1. The molecule has 0 amide bonds. The highest BCUT2D eigenvalue weighted by atomic mass is 35.5. The average molecular weight is 412 g/mol. The van der Waals surface area contributed by atoms with Gasteiger partial charge in [0.25, 0.3) is 0 Å². The number of hydrogen-bond acceptors (Lipinski definition) is 4. The van der Waals surface area contributed by atoms with Crippen LogP contribution in [0.2, 0.25) is 10.0 Å². The van der Waals surface area contributed by atoms with Crippen LogP contribution in [0.1, 0.15) is 36.3 Å². The molecule has 0 saturated heterocycles. The van der Waals surface area contributed by atoms with E-state index >= 15 is 0 Å². The lowest BCUT2D eigenvalue weighted by Crippen LogP contribution is -2.32. The summed E-state index contributed by atoms with van der Waals surface area (Å²) in [6.07, 6.45) is 0. The van der Waals surface area contributed by atoms with Crippen LogP contribution in [0.5, 0.6) is 0 Å². The minimum atomic E-state index is -0.249. The molecule has 0 heterocycles. The second-order valence-corrected chi connectivity index (χ2v) is 8.22. The third-order valence-electron chi connectivity index (χ3n) is 3.83. The van der Waals surface area contributed by atoms with Crippen LogP contribution < -0.4 is 5.32 Å². The van der Waals surface area contributed by atoms with Crippen LogP contribution in [0.15, 0.2) is 48.5 Å². The molecule has 2 unspecified atom stereocenters. The zero-order chi connectivity index (χ0) is 19.1. The Kier molecular flexibility index (Phi) is 8.29. The van der Waals surface area contributed by atoms with E-state index in [0.717, 1.165) is 11.1 Å². The Labute approximate surface area is 169 Å². The first kappa shape index (κ1) is 21.1. The molecule has 3 nitrogen and oxygen atoms in total. The van der Waals surface area contributed by atoms with E-state index in [-0.39, 0.29) is 29.1 Å². The Bertz CT molecular complexity index is 722. The van der Waals surface area contributed by atoms with Gasteiger partial charge in [0.15, 0.2) is 0 Å². The fourth-order valence-corrected chi connectivity index (χ4v) is 4.20. The van der Waals surface area contributed by atoms with Crippen molar-refractivity contribution in [1.82, 2.24) is 5.32 Å². The van der Waals surface area contributed by atoms with Crippen molar-refractivity contribution < 1.29 is 9.53 Å². The summed E-state index contributed by atoms with van der Waals surface area (Å²) in [7, 11) is 1.40. The average Bonchev–Trinajstić information content (AvgIpc) is 2.61. The van der Waals surface area contributed by atoms with E-state index in [1.54, 1.807) is 0 Å². The third-order valence-corrected chi connectivity index (χ3v) is 5.62. The zero-order valence-electron chi connectivity index (χ0n) is 15.0. The minimum Gasteiger partial charge on any atom is -0.468 e. The van der Waals surface area contributed by atoms with E-state index in [1.807, 2.05) is 48.5 Å². The predicted molar refractivity (Wildman–Crippen MR) is 111 cm³/mol. The van der Waals surface area contributed by atoms with Gasteiger partial charge in [-0.05, 0) is 35.4 Å². The van der Waals surface area contributed by atoms with E-state index in [1.165, 1.54) is 18.9 Å². The molecule has 0 saturated carbocycles. The molecular weight excluding hydrogens is 389 g/mol. The molecule has 0 aliphatic rings. The van der Waals surface area contributed by atoms with Crippen molar-refractivity contribution in [3.8, 4) is 0 Å². The lowest BCUT2D eigenvalue weighted by molar-refractivity contribution is -0.137. The Morgan fingerprint density at radius 1 is 1.08 bits per heavy atom. The first-order chi connectivity index (χ1) is 12.4. The maximum atomic E-state index is 11.7. The van der Waals surface area contributed by atoms with Crippen LogP contribution in [0, 0.1) is 0 Å². The third kappa shape index (κ3) is 6.20. The molecule has 0 spiro atoms. The maximum Gasteiger partial charge on any atom is 0.315 e. The van der Waals surface area contributed by atoms with E-state index in [0.29, 0.717) is 10.0 Å². The van der Waals surface area contributed by atoms with Crippen molar-refractivity contribution in [1.29, 1.82) is 0 Å². The molecule has 2 atom stereocenters. The highest BCUT2D eigenvalue weighted by Gasteiger charge is 2.27. The van der Waals surface area contributed by atoms with Gasteiger partial charge in [-0.3, -0.25) is 4.79 Å². The Hall–Kier alpha value is -1.20. The van der Waals surface area contributed by atoms with Crippen LogP contribution in [-0.2, 0) is 9.53 Å². The lowest BCUT2D eigenvalue weighted by atomic mass is 9.97. The molecule has 6 heteroatoms. The molecule has 0 radical (unpaired) electrons. The van der Waals surface area contributed by atoms with Crippen LogP contribution in [0.3, 0.4) is 0 Å². The number of carbonyl (C=O) groups excluding carboxylic acids is 1. The second-order valence-electron chi connectivity index (χ2n) is 6.21. The molecule has 0 aliphatic carbocycles. The molecule has 1 N–H and O–H groups in total. The van der Waals surface area contributed by atoms with Gasteiger partial charge in [-0.1, -0.05) is 61.3 Å². The van der Waals surface area contributed by atoms with Gasteiger partial charge in [0.2, 0.25) is 0 Å². The number of benzene rings is 2. The number of methoxy groups -OCH3 is 1. The number of nitrogens with one attached hydrogen (secondary N) is 1. The molecule has 0 aromatic heterocycles. The van der Waals surface area contributed by atoms with Gasteiger partial charge in [-0.2, -0.15) is 0 Å². The van der Waals surface area contributed by atoms with E-state index in [4.69, 9.17) is 27.9 Å². The molecule has 26 heavy (non-hydrogen) atoms. The first-order valence-electron chi connectivity index (χ1n) is 8.36. The normalized spacial score (nSPS) is 13.5. The number of ether oxygens (including phenoxy) is 1. The summed E-state index contributed by atoms with van der Waals surface area (Å²) < 4.78 is 4.82. The minimum absolute atomic E-state index is 0.0135. The van der Waals surface area contributed by atoms with Crippen LogP contribution in [-0.4, -0.2) is 24.9 Å². The van der Waals surface area contributed by atoms with Crippen molar-refractivity contribution in [2.45, 2.75) is 31.2 Å². The summed E-state index contributed by atoms with van der Waals surface area (Å²) in [6, 6.07) is 15.8. The molecule has 2 aromatic carbocycles. The first-order valence-corrected chi connectivity index (χ1v) is 10.2.